The second kappa shape index (κ2) is 5.26. The minimum absolute atomic E-state index is 0.191. The predicted molar refractivity (Wildman–Crippen MR) is 81.9 cm³/mol. The number of ether oxygens (including phenoxy) is 1. The Balaban J connectivity index is 2.52. The molecule has 1 aliphatic heterocycles. The van der Waals surface area contributed by atoms with Gasteiger partial charge in [0.2, 0.25) is 0 Å². The highest BCUT2D eigenvalue weighted by molar-refractivity contribution is 9.11. The van der Waals surface area contributed by atoms with Crippen molar-refractivity contribution in [2.24, 2.45) is 0 Å². The van der Waals surface area contributed by atoms with Crippen molar-refractivity contribution in [1.82, 2.24) is 0 Å². The van der Waals surface area contributed by atoms with Crippen molar-refractivity contribution in [3.05, 3.63) is 20.6 Å². The highest BCUT2D eigenvalue weighted by Gasteiger charge is 2.34. The summed E-state index contributed by atoms with van der Waals surface area (Å²) in [5.41, 5.74) is 0.0745. The summed E-state index contributed by atoms with van der Waals surface area (Å²) in [4.78, 5) is 0. The summed E-state index contributed by atoms with van der Waals surface area (Å²) in [5, 5.41) is 20.2. The first-order chi connectivity index (χ1) is 8.71. The van der Waals surface area contributed by atoms with E-state index in [9.17, 15) is 10.2 Å². The third-order valence-electron chi connectivity index (χ3n) is 3.61. The van der Waals surface area contributed by atoms with Crippen molar-refractivity contribution in [2.75, 3.05) is 0 Å². The molecule has 1 aromatic carbocycles. The Bertz CT molecular complexity index is 494. The quantitative estimate of drug-likeness (QED) is 0.746. The Kier molecular flexibility index (Phi) is 4.19. The van der Waals surface area contributed by atoms with Crippen LogP contribution in [0.2, 0.25) is 0 Å². The van der Waals surface area contributed by atoms with Crippen LogP contribution in [-0.2, 0) is 0 Å². The van der Waals surface area contributed by atoms with E-state index in [1.807, 2.05) is 0 Å². The van der Waals surface area contributed by atoms with E-state index in [0.29, 0.717) is 14.7 Å². The van der Waals surface area contributed by atoms with Crippen LogP contribution in [0.3, 0.4) is 0 Å². The second-order valence-corrected chi connectivity index (χ2v) is 7.32. The third kappa shape index (κ3) is 2.93. The van der Waals surface area contributed by atoms with Gasteiger partial charge in [-0.05, 0) is 70.5 Å². The second-order valence-electron chi connectivity index (χ2n) is 5.67. The maximum absolute atomic E-state index is 10.2. The van der Waals surface area contributed by atoms with E-state index < -0.39 is 5.60 Å². The highest BCUT2D eigenvalue weighted by atomic mass is 79.9. The van der Waals surface area contributed by atoms with E-state index >= 15 is 0 Å². The van der Waals surface area contributed by atoms with Crippen molar-refractivity contribution < 1.29 is 14.9 Å². The SMILES string of the molecule is CC1CCC(C(C)(C)O)Oc2cc(Br)c(O)c(Br)c21. The van der Waals surface area contributed by atoms with Crippen LogP contribution in [-0.4, -0.2) is 21.9 Å². The van der Waals surface area contributed by atoms with E-state index in [-0.39, 0.29) is 17.8 Å². The normalized spacial score (nSPS) is 23.5. The van der Waals surface area contributed by atoms with Gasteiger partial charge in [0.15, 0.2) is 0 Å². The van der Waals surface area contributed by atoms with Crippen LogP contribution in [0.25, 0.3) is 0 Å². The molecule has 0 aliphatic carbocycles. The molecule has 19 heavy (non-hydrogen) atoms. The Morgan fingerprint density at radius 2 is 1.95 bits per heavy atom. The Morgan fingerprint density at radius 3 is 2.53 bits per heavy atom. The van der Waals surface area contributed by atoms with Gasteiger partial charge in [-0.2, -0.15) is 0 Å². The first kappa shape index (κ1) is 15.1. The molecule has 0 spiro atoms. The van der Waals surface area contributed by atoms with Gasteiger partial charge in [-0.1, -0.05) is 6.92 Å². The van der Waals surface area contributed by atoms with Gasteiger partial charge in [0.1, 0.15) is 17.6 Å². The fourth-order valence-electron chi connectivity index (χ4n) is 2.41. The van der Waals surface area contributed by atoms with Crippen LogP contribution >= 0.6 is 31.9 Å². The molecule has 5 heteroatoms. The molecular formula is C14H18Br2O3. The van der Waals surface area contributed by atoms with Crippen molar-refractivity contribution in [3.8, 4) is 11.5 Å². The molecule has 0 radical (unpaired) electrons. The first-order valence-electron chi connectivity index (χ1n) is 6.31. The summed E-state index contributed by atoms with van der Waals surface area (Å²) in [6, 6.07) is 1.77. The van der Waals surface area contributed by atoms with Gasteiger partial charge in [0, 0.05) is 5.56 Å². The van der Waals surface area contributed by atoms with Crippen LogP contribution in [0.15, 0.2) is 15.0 Å². The van der Waals surface area contributed by atoms with Gasteiger partial charge >= 0.3 is 0 Å². The van der Waals surface area contributed by atoms with Gasteiger partial charge < -0.3 is 14.9 Å². The molecule has 0 aromatic heterocycles. The average molecular weight is 394 g/mol. The van der Waals surface area contributed by atoms with E-state index in [0.717, 1.165) is 18.4 Å². The molecule has 3 nitrogen and oxygen atoms in total. The minimum atomic E-state index is -0.891. The number of rotatable bonds is 1. The minimum Gasteiger partial charge on any atom is -0.506 e. The van der Waals surface area contributed by atoms with E-state index in [1.165, 1.54) is 0 Å². The molecule has 2 unspecified atom stereocenters. The zero-order valence-electron chi connectivity index (χ0n) is 11.2. The molecule has 1 aliphatic rings. The summed E-state index contributed by atoms with van der Waals surface area (Å²) in [5.74, 6) is 1.17. The molecule has 1 heterocycles. The molecule has 0 fully saturated rings. The van der Waals surface area contributed by atoms with Crippen LogP contribution < -0.4 is 4.74 Å². The number of phenolic OH excluding ortho intramolecular Hbond substituents is 1. The lowest BCUT2D eigenvalue weighted by Crippen LogP contribution is -2.40. The lowest BCUT2D eigenvalue weighted by molar-refractivity contribution is -0.0361. The molecule has 106 valence electrons. The Morgan fingerprint density at radius 1 is 1.32 bits per heavy atom. The van der Waals surface area contributed by atoms with Crippen molar-refractivity contribution in [3.63, 3.8) is 0 Å². The van der Waals surface area contributed by atoms with Crippen LogP contribution in [0.4, 0.5) is 0 Å². The Labute approximate surface area is 130 Å². The van der Waals surface area contributed by atoms with Gasteiger partial charge in [0.25, 0.3) is 0 Å². The number of halogens is 2. The number of hydrogen-bond donors (Lipinski definition) is 2. The zero-order chi connectivity index (χ0) is 14.4. The molecule has 0 saturated heterocycles. The highest BCUT2D eigenvalue weighted by Crippen LogP contribution is 2.47. The fourth-order valence-corrected chi connectivity index (χ4v) is 3.89. The molecule has 2 rings (SSSR count). The molecule has 1 aromatic rings. The van der Waals surface area contributed by atoms with E-state index in [2.05, 4.69) is 38.8 Å². The topological polar surface area (TPSA) is 49.7 Å². The molecule has 0 bridgehead atoms. The van der Waals surface area contributed by atoms with Crippen LogP contribution in [0.5, 0.6) is 11.5 Å². The summed E-state index contributed by atoms with van der Waals surface area (Å²) >= 11 is 6.76. The molecule has 0 amide bonds. The molecule has 0 saturated carbocycles. The number of hydrogen-bond acceptors (Lipinski definition) is 3. The van der Waals surface area contributed by atoms with Gasteiger partial charge in [-0.3, -0.25) is 0 Å². The van der Waals surface area contributed by atoms with Gasteiger partial charge in [-0.25, -0.2) is 0 Å². The molecular weight excluding hydrogens is 376 g/mol. The zero-order valence-corrected chi connectivity index (χ0v) is 14.4. The lowest BCUT2D eigenvalue weighted by atomic mass is 9.92. The number of aromatic hydroxyl groups is 1. The average Bonchev–Trinajstić information content (AvgIpc) is 2.45. The van der Waals surface area contributed by atoms with Crippen LogP contribution in [0.1, 0.15) is 45.1 Å². The lowest BCUT2D eigenvalue weighted by Gasteiger charge is -2.29. The van der Waals surface area contributed by atoms with Crippen molar-refractivity contribution >= 4 is 31.9 Å². The van der Waals surface area contributed by atoms with Crippen molar-refractivity contribution in [1.29, 1.82) is 0 Å². The van der Waals surface area contributed by atoms with Crippen molar-refractivity contribution in [2.45, 2.75) is 51.2 Å². The summed E-state index contributed by atoms with van der Waals surface area (Å²) in [6.07, 6.45) is 1.44. The van der Waals surface area contributed by atoms with E-state index in [1.54, 1.807) is 19.9 Å². The number of phenols is 1. The van der Waals surface area contributed by atoms with Crippen LogP contribution in [0, 0.1) is 0 Å². The maximum Gasteiger partial charge on any atom is 0.144 e. The first-order valence-corrected chi connectivity index (χ1v) is 7.90. The molecule has 2 N–H and O–H groups in total. The number of fused-ring (bicyclic) bond motifs is 1. The summed E-state index contributed by atoms with van der Waals surface area (Å²) < 4.78 is 7.24. The summed E-state index contributed by atoms with van der Waals surface area (Å²) in [7, 11) is 0. The van der Waals surface area contributed by atoms with E-state index in [4.69, 9.17) is 4.74 Å². The third-order valence-corrected chi connectivity index (χ3v) is 5.01. The standard InChI is InChI=1S/C14H18Br2O3/c1-7-4-5-10(14(2,3)18)19-9-6-8(15)13(17)12(16)11(7)9/h6-7,10,17-18H,4-5H2,1-3H3. The predicted octanol–water partition coefficient (Wildman–Crippen LogP) is 4.33. The monoisotopic (exact) mass is 392 g/mol. The van der Waals surface area contributed by atoms with Gasteiger partial charge in [0.05, 0.1) is 14.5 Å². The molecule has 2 atom stereocenters. The summed E-state index contributed by atoms with van der Waals surface area (Å²) in [6.45, 7) is 5.63. The fraction of sp³-hybridized carbons (Fsp3) is 0.571. The largest absolute Gasteiger partial charge is 0.506 e. The maximum atomic E-state index is 10.2. The Hall–Kier alpha value is -0.260. The smallest absolute Gasteiger partial charge is 0.144 e. The van der Waals surface area contributed by atoms with Gasteiger partial charge in [-0.15, -0.1) is 0 Å². The number of benzene rings is 1. The number of aliphatic hydroxyl groups is 1.